The van der Waals surface area contributed by atoms with E-state index in [9.17, 15) is 4.79 Å². The van der Waals surface area contributed by atoms with Gasteiger partial charge in [-0.3, -0.25) is 0 Å². The van der Waals surface area contributed by atoms with Crippen molar-refractivity contribution in [3.8, 4) is 16.8 Å². The standard InChI is InChI=1S/C31H32N4O/c1-20-26-18-17-25-29(31(26,2)19-27(32-3)28(20)36)35(33-30(25)34(4)23-11-8-12-23)24-15-13-22(14-16-24)21-9-6-5-7-10-21/h5-7,9-10,13-16,19-20,23,26H,8,11-12,17-18H2,1-2,4H3/t20-,26-,31-/m1/s1. The third-order valence-electron chi connectivity index (χ3n) is 8.95. The molecule has 3 aliphatic carbocycles. The van der Waals surface area contributed by atoms with Crippen molar-refractivity contribution < 1.29 is 4.79 Å². The second-order valence-corrected chi connectivity index (χ2v) is 10.9. The normalized spacial score (nSPS) is 25.3. The summed E-state index contributed by atoms with van der Waals surface area (Å²) >= 11 is 0. The maximum absolute atomic E-state index is 12.9. The van der Waals surface area contributed by atoms with Crippen LogP contribution in [0.1, 0.15) is 50.8 Å². The van der Waals surface area contributed by atoms with E-state index in [1.54, 1.807) is 0 Å². The van der Waals surface area contributed by atoms with E-state index in [2.05, 4.69) is 76.9 Å². The number of fused-ring (bicyclic) bond motifs is 3. The summed E-state index contributed by atoms with van der Waals surface area (Å²) in [7, 11) is 2.18. The third-order valence-corrected chi connectivity index (χ3v) is 8.95. The van der Waals surface area contributed by atoms with E-state index in [0.717, 1.165) is 30.0 Å². The van der Waals surface area contributed by atoms with E-state index in [1.165, 1.54) is 36.0 Å². The average molecular weight is 477 g/mol. The molecule has 5 heteroatoms. The lowest BCUT2D eigenvalue weighted by Gasteiger charge is -2.46. The first-order valence-electron chi connectivity index (χ1n) is 13.1. The van der Waals surface area contributed by atoms with Crippen LogP contribution < -0.4 is 4.90 Å². The van der Waals surface area contributed by atoms with Gasteiger partial charge in [0.1, 0.15) is 0 Å². The minimum absolute atomic E-state index is 0.0130. The van der Waals surface area contributed by atoms with Gasteiger partial charge in [0.25, 0.3) is 0 Å². The number of carbonyl (C=O) groups is 1. The lowest BCUT2D eigenvalue weighted by molar-refractivity contribution is -0.121. The van der Waals surface area contributed by atoms with Gasteiger partial charge in [-0.25, -0.2) is 9.53 Å². The number of Topliss-reactive ketones (excluding diaryl/α,β-unsaturated/α-hetero) is 1. The Balaban J connectivity index is 1.53. The molecule has 0 amide bonds. The van der Waals surface area contributed by atoms with E-state index in [4.69, 9.17) is 11.7 Å². The summed E-state index contributed by atoms with van der Waals surface area (Å²) in [5.41, 5.74) is 5.64. The first-order valence-corrected chi connectivity index (χ1v) is 13.1. The van der Waals surface area contributed by atoms with Gasteiger partial charge in [0.2, 0.25) is 5.70 Å². The van der Waals surface area contributed by atoms with Crippen molar-refractivity contribution in [2.45, 2.75) is 57.4 Å². The Morgan fingerprint density at radius 1 is 1.06 bits per heavy atom. The molecule has 0 saturated heterocycles. The lowest BCUT2D eigenvalue weighted by Crippen LogP contribution is -2.46. The molecule has 2 aromatic carbocycles. The SMILES string of the molecule is [C-]#[N+]C1=C[C@@]2(C)c3c(c(N(C)C4CCC4)nn3-c3ccc(-c4ccccc4)cc3)CC[C@@H]2[C@@H](C)C1=O. The fraction of sp³-hybridized carbons (Fsp3) is 0.387. The number of allylic oxidation sites excluding steroid dienone is 2. The smallest absolute Gasteiger partial charge is 0.226 e. The third kappa shape index (κ3) is 3.35. The molecule has 1 heterocycles. The summed E-state index contributed by atoms with van der Waals surface area (Å²) in [5, 5.41) is 5.25. The number of aromatic nitrogens is 2. The van der Waals surface area contributed by atoms with Crippen molar-refractivity contribution in [1.82, 2.24) is 9.78 Å². The van der Waals surface area contributed by atoms with E-state index < -0.39 is 5.41 Å². The molecule has 182 valence electrons. The van der Waals surface area contributed by atoms with Gasteiger partial charge in [0.15, 0.2) is 11.6 Å². The fourth-order valence-electron chi connectivity index (χ4n) is 6.64. The molecule has 0 unspecified atom stereocenters. The van der Waals surface area contributed by atoms with E-state index >= 15 is 0 Å². The quantitative estimate of drug-likeness (QED) is 0.411. The van der Waals surface area contributed by atoms with Crippen molar-refractivity contribution in [3.63, 3.8) is 0 Å². The first kappa shape index (κ1) is 22.8. The van der Waals surface area contributed by atoms with Crippen LogP contribution >= 0.6 is 0 Å². The predicted octanol–water partition coefficient (Wildman–Crippen LogP) is 6.37. The van der Waals surface area contributed by atoms with Crippen LogP contribution in [-0.4, -0.2) is 28.7 Å². The Kier molecular flexibility index (Phi) is 5.37. The Hall–Kier alpha value is -3.65. The van der Waals surface area contributed by atoms with Gasteiger partial charge >= 0.3 is 0 Å². The zero-order chi connectivity index (χ0) is 25.0. The number of nitrogens with zero attached hydrogens (tertiary/aromatic N) is 4. The molecule has 5 nitrogen and oxygen atoms in total. The molecule has 0 radical (unpaired) electrons. The number of carbonyl (C=O) groups excluding carboxylic acids is 1. The van der Waals surface area contributed by atoms with Crippen LogP contribution in [0.4, 0.5) is 5.82 Å². The molecule has 0 bridgehead atoms. The zero-order valence-corrected chi connectivity index (χ0v) is 21.2. The van der Waals surface area contributed by atoms with Crippen molar-refractivity contribution in [2.24, 2.45) is 11.8 Å². The van der Waals surface area contributed by atoms with Crippen molar-refractivity contribution in [3.05, 3.63) is 89.0 Å². The van der Waals surface area contributed by atoms with Gasteiger partial charge in [-0.1, -0.05) is 62.4 Å². The molecular weight excluding hydrogens is 444 g/mol. The summed E-state index contributed by atoms with van der Waals surface area (Å²) < 4.78 is 2.11. The Morgan fingerprint density at radius 2 is 1.75 bits per heavy atom. The van der Waals surface area contributed by atoms with Gasteiger partial charge in [0.05, 0.1) is 18.0 Å². The van der Waals surface area contributed by atoms with Crippen LogP contribution in [0.3, 0.4) is 0 Å². The highest BCUT2D eigenvalue weighted by Crippen LogP contribution is 2.52. The summed E-state index contributed by atoms with van der Waals surface area (Å²) in [6.45, 7) is 11.9. The number of hydrogen-bond donors (Lipinski definition) is 0. The Morgan fingerprint density at radius 3 is 2.39 bits per heavy atom. The minimum atomic E-state index is -0.426. The van der Waals surface area contributed by atoms with Crippen LogP contribution in [0.25, 0.3) is 21.7 Å². The molecule has 3 atom stereocenters. The highest BCUT2D eigenvalue weighted by atomic mass is 16.1. The maximum atomic E-state index is 12.9. The molecule has 3 aliphatic rings. The monoisotopic (exact) mass is 476 g/mol. The number of anilines is 1. The van der Waals surface area contributed by atoms with E-state index in [0.29, 0.717) is 6.04 Å². The van der Waals surface area contributed by atoms with Gasteiger partial charge < -0.3 is 9.69 Å². The van der Waals surface area contributed by atoms with Crippen molar-refractivity contribution in [2.75, 3.05) is 11.9 Å². The Bertz CT molecular complexity index is 1390. The van der Waals surface area contributed by atoms with Crippen LogP contribution in [0.15, 0.2) is 66.4 Å². The summed E-state index contributed by atoms with van der Waals surface area (Å²) in [6, 6.07) is 19.5. The second kappa shape index (κ2) is 8.48. The molecule has 3 aromatic rings. The Labute approximate surface area is 213 Å². The van der Waals surface area contributed by atoms with Gasteiger partial charge in [-0.2, -0.15) is 0 Å². The number of ketones is 1. The molecule has 36 heavy (non-hydrogen) atoms. The largest absolute Gasteiger partial charge is 0.355 e. The van der Waals surface area contributed by atoms with Gasteiger partial charge in [0, 0.05) is 30.0 Å². The summed E-state index contributed by atoms with van der Waals surface area (Å²) in [6.07, 6.45) is 7.48. The maximum Gasteiger partial charge on any atom is 0.226 e. The van der Waals surface area contributed by atoms with Crippen LogP contribution in [0, 0.1) is 18.4 Å². The van der Waals surface area contributed by atoms with E-state index in [-0.39, 0.29) is 23.3 Å². The van der Waals surface area contributed by atoms with E-state index in [1.807, 2.05) is 19.1 Å². The van der Waals surface area contributed by atoms with Gasteiger partial charge in [-0.15, -0.1) is 5.10 Å². The molecule has 1 aromatic heterocycles. The van der Waals surface area contributed by atoms with Crippen molar-refractivity contribution >= 4 is 11.6 Å². The number of benzene rings is 2. The molecule has 0 aliphatic heterocycles. The highest BCUT2D eigenvalue weighted by molar-refractivity contribution is 6.00. The summed E-state index contributed by atoms with van der Waals surface area (Å²) in [4.78, 5) is 19.0. The molecule has 6 rings (SSSR count). The molecule has 0 spiro atoms. The molecular formula is C31H32N4O. The zero-order valence-electron chi connectivity index (χ0n) is 21.2. The summed E-state index contributed by atoms with van der Waals surface area (Å²) in [5.74, 6) is 1.03. The van der Waals surface area contributed by atoms with Crippen LogP contribution in [-0.2, 0) is 16.6 Å². The molecule has 0 N–H and O–H groups in total. The molecule has 1 fully saturated rings. The minimum Gasteiger partial charge on any atom is -0.355 e. The first-order chi connectivity index (χ1) is 17.4. The average Bonchev–Trinajstić information content (AvgIpc) is 3.27. The van der Waals surface area contributed by atoms with Gasteiger partial charge in [-0.05, 0) is 61.3 Å². The second-order valence-electron chi connectivity index (χ2n) is 10.9. The van der Waals surface area contributed by atoms with Crippen LogP contribution in [0.2, 0.25) is 0 Å². The highest BCUT2D eigenvalue weighted by Gasteiger charge is 2.51. The molecule has 1 saturated carbocycles. The lowest BCUT2D eigenvalue weighted by atomic mass is 9.58. The predicted molar refractivity (Wildman–Crippen MR) is 143 cm³/mol. The topological polar surface area (TPSA) is 42.5 Å². The fourth-order valence-corrected chi connectivity index (χ4v) is 6.64. The number of hydrogen-bond acceptors (Lipinski definition) is 3. The van der Waals surface area contributed by atoms with Crippen LogP contribution in [0.5, 0.6) is 0 Å². The number of rotatable bonds is 4. The van der Waals surface area contributed by atoms with Crippen molar-refractivity contribution in [1.29, 1.82) is 0 Å².